The molecule has 1 aromatic rings. The molecule has 0 fully saturated rings. The molecule has 0 aliphatic carbocycles. The highest BCUT2D eigenvalue weighted by Crippen LogP contribution is 2.22. The maximum Gasteiger partial charge on any atom is 0.238 e. The number of nitrogens with one attached hydrogen (secondary N) is 1. The zero-order chi connectivity index (χ0) is 15.3. The lowest BCUT2D eigenvalue weighted by atomic mass is 10.2. The number of halogens is 1. The minimum Gasteiger partial charge on any atom is -0.369 e. The fourth-order valence-corrected chi connectivity index (χ4v) is 1.91. The summed E-state index contributed by atoms with van der Waals surface area (Å²) >= 11 is 6.00. The molecule has 0 radical (unpaired) electrons. The van der Waals surface area contributed by atoms with Gasteiger partial charge in [0.1, 0.15) is 0 Å². The maximum atomic E-state index is 12.0. The highest BCUT2D eigenvalue weighted by molar-refractivity contribution is 6.31. The van der Waals surface area contributed by atoms with E-state index in [1.165, 1.54) is 0 Å². The number of primary amides is 1. The largest absolute Gasteiger partial charge is 0.369 e. The van der Waals surface area contributed by atoms with E-state index in [0.29, 0.717) is 10.7 Å². The van der Waals surface area contributed by atoms with Crippen LogP contribution in [0.15, 0.2) is 18.2 Å². The van der Waals surface area contributed by atoms with Crippen molar-refractivity contribution in [2.45, 2.75) is 26.8 Å². The highest BCUT2D eigenvalue weighted by atomic mass is 35.5. The minimum atomic E-state index is -0.453. The highest BCUT2D eigenvalue weighted by Gasteiger charge is 2.16. The first-order valence-corrected chi connectivity index (χ1v) is 6.76. The molecule has 0 unspecified atom stereocenters. The topological polar surface area (TPSA) is 75.4 Å². The lowest BCUT2D eigenvalue weighted by Gasteiger charge is -2.24. The minimum absolute atomic E-state index is 0.0497. The van der Waals surface area contributed by atoms with Crippen LogP contribution in [0.5, 0.6) is 0 Å². The van der Waals surface area contributed by atoms with E-state index in [2.05, 4.69) is 5.32 Å². The third-order valence-corrected chi connectivity index (χ3v) is 3.39. The fraction of sp³-hybridized carbons (Fsp3) is 0.429. The number of carbonyl (C=O) groups is 2. The molecule has 110 valence electrons. The van der Waals surface area contributed by atoms with Gasteiger partial charge in [-0.05, 0) is 38.5 Å². The number of nitrogens with two attached hydrogens (primary N) is 1. The molecule has 2 amide bonds. The van der Waals surface area contributed by atoms with Gasteiger partial charge in [0.2, 0.25) is 11.8 Å². The van der Waals surface area contributed by atoms with Crippen molar-refractivity contribution < 1.29 is 9.59 Å². The van der Waals surface area contributed by atoms with Crippen molar-refractivity contribution >= 4 is 29.1 Å². The maximum absolute atomic E-state index is 12.0. The number of rotatable bonds is 6. The van der Waals surface area contributed by atoms with Gasteiger partial charge in [0.05, 0.1) is 13.1 Å². The number of hydrogen-bond donors (Lipinski definition) is 2. The molecular formula is C14H20ClN3O2. The number of nitrogens with zero attached hydrogens (tertiary/aromatic N) is 1. The van der Waals surface area contributed by atoms with Crippen molar-refractivity contribution in [3.63, 3.8) is 0 Å². The number of hydrogen-bond acceptors (Lipinski definition) is 3. The number of carbonyl (C=O) groups excluding carboxylic acids is 2. The predicted octanol–water partition coefficient (Wildman–Crippen LogP) is 1.78. The van der Waals surface area contributed by atoms with Gasteiger partial charge in [-0.2, -0.15) is 0 Å². The van der Waals surface area contributed by atoms with Crippen molar-refractivity contribution in [2.24, 2.45) is 5.73 Å². The normalized spacial score (nSPS) is 10.9. The van der Waals surface area contributed by atoms with Crippen LogP contribution >= 0.6 is 11.6 Å². The number of benzene rings is 1. The molecule has 1 aromatic carbocycles. The summed E-state index contributed by atoms with van der Waals surface area (Å²) in [5.74, 6) is -0.657. The van der Waals surface area contributed by atoms with Crippen LogP contribution in [0.25, 0.3) is 0 Å². The van der Waals surface area contributed by atoms with Crippen LogP contribution in [-0.4, -0.2) is 35.8 Å². The Morgan fingerprint density at radius 3 is 2.55 bits per heavy atom. The molecule has 0 aliphatic rings. The van der Waals surface area contributed by atoms with Gasteiger partial charge in [-0.25, -0.2) is 0 Å². The molecule has 3 N–H and O–H groups in total. The second kappa shape index (κ2) is 7.26. The molecule has 20 heavy (non-hydrogen) atoms. The van der Waals surface area contributed by atoms with E-state index in [-0.39, 0.29) is 25.0 Å². The summed E-state index contributed by atoms with van der Waals surface area (Å²) in [6, 6.07) is 5.37. The molecule has 0 spiro atoms. The first-order valence-electron chi connectivity index (χ1n) is 6.38. The van der Waals surface area contributed by atoms with Gasteiger partial charge in [0.15, 0.2) is 0 Å². The standard InChI is InChI=1S/C14H20ClN3O2/c1-9(2)18(7-13(16)19)8-14(20)17-12-6-4-5-11(15)10(12)3/h4-6,9H,7-8H2,1-3H3,(H2,16,19)(H,17,20). The first kappa shape index (κ1) is 16.5. The van der Waals surface area contributed by atoms with Crippen LogP contribution in [-0.2, 0) is 9.59 Å². The zero-order valence-electron chi connectivity index (χ0n) is 11.9. The van der Waals surface area contributed by atoms with Crippen molar-refractivity contribution in [1.82, 2.24) is 4.90 Å². The van der Waals surface area contributed by atoms with Crippen LogP contribution in [0.1, 0.15) is 19.4 Å². The average molecular weight is 298 g/mol. The second-order valence-corrected chi connectivity index (χ2v) is 5.33. The lowest BCUT2D eigenvalue weighted by Crippen LogP contribution is -2.43. The third-order valence-electron chi connectivity index (χ3n) is 2.98. The van der Waals surface area contributed by atoms with Gasteiger partial charge in [-0.3, -0.25) is 14.5 Å². The fourth-order valence-electron chi connectivity index (χ4n) is 1.74. The lowest BCUT2D eigenvalue weighted by molar-refractivity contribution is -0.121. The Bertz CT molecular complexity index is 503. The Morgan fingerprint density at radius 1 is 1.35 bits per heavy atom. The molecule has 1 rings (SSSR count). The quantitative estimate of drug-likeness (QED) is 0.840. The third kappa shape index (κ3) is 4.83. The van der Waals surface area contributed by atoms with Crippen LogP contribution in [0.3, 0.4) is 0 Å². The van der Waals surface area contributed by atoms with E-state index in [1.54, 1.807) is 23.1 Å². The first-order chi connectivity index (χ1) is 9.31. The Hall–Kier alpha value is -1.59. The van der Waals surface area contributed by atoms with Crippen LogP contribution in [0.4, 0.5) is 5.69 Å². The van der Waals surface area contributed by atoms with Gasteiger partial charge in [-0.1, -0.05) is 17.7 Å². The van der Waals surface area contributed by atoms with Crippen molar-refractivity contribution in [2.75, 3.05) is 18.4 Å². The summed E-state index contributed by atoms with van der Waals surface area (Å²) in [5.41, 5.74) is 6.66. The monoisotopic (exact) mass is 297 g/mol. The van der Waals surface area contributed by atoms with Gasteiger partial charge in [0, 0.05) is 16.8 Å². The Kier molecular flexibility index (Phi) is 5.98. The van der Waals surface area contributed by atoms with Crippen molar-refractivity contribution in [1.29, 1.82) is 0 Å². The molecule has 0 atom stereocenters. The predicted molar refractivity (Wildman–Crippen MR) is 80.7 cm³/mol. The Balaban J connectivity index is 2.70. The summed E-state index contributed by atoms with van der Waals surface area (Å²) in [7, 11) is 0. The summed E-state index contributed by atoms with van der Waals surface area (Å²) in [6.07, 6.45) is 0. The molecule has 0 aliphatic heterocycles. The van der Waals surface area contributed by atoms with Gasteiger partial charge < -0.3 is 11.1 Å². The average Bonchev–Trinajstić information content (AvgIpc) is 2.33. The second-order valence-electron chi connectivity index (χ2n) is 4.93. The van der Waals surface area contributed by atoms with Crippen LogP contribution in [0, 0.1) is 6.92 Å². The van der Waals surface area contributed by atoms with E-state index in [4.69, 9.17) is 17.3 Å². The van der Waals surface area contributed by atoms with E-state index < -0.39 is 5.91 Å². The van der Waals surface area contributed by atoms with Crippen molar-refractivity contribution in [3.8, 4) is 0 Å². The van der Waals surface area contributed by atoms with Crippen LogP contribution < -0.4 is 11.1 Å². The summed E-state index contributed by atoms with van der Waals surface area (Å²) in [6.45, 7) is 5.80. The summed E-state index contributed by atoms with van der Waals surface area (Å²) in [5, 5.41) is 3.39. The molecular weight excluding hydrogens is 278 g/mol. The number of amides is 2. The SMILES string of the molecule is Cc1c(Cl)cccc1NC(=O)CN(CC(N)=O)C(C)C. The molecule has 0 heterocycles. The number of anilines is 1. The van der Waals surface area contributed by atoms with Crippen LogP contribution in [0.2, 0.25) is 5.02 Å². The molecule has 0 saturated carbocycles. The Labute approximate surface area is 124 Å². The van der Waals surface area contributed by atoms with Gasteiger partial charge in [0.25, 0.3) is 0 Å². The van der Waals surface area contributed by atoms with Gasteiger partial charge in [-0.15, -0.1) is 0 Å². The molecule has 5 nitrogen and oxygen atoms in total. The van der Waals surface area contributed by atoms with E-state index >= 15 is 0 Å². The van der Waals surface area contributed by atoms with E-state index in [9.17, 15) is 9.59 Å². The van der Waals surface area contributed by atoms with E-state index in [0.717, 1.165) is 5.56 Å². The molecule has 0 saturated heterocycles. The summed E-state index contributed by atoms with van der Waals surface area (Å²) < 4.78 is 0. The zero-order valence-corrected chi connectivity index (χ0v) is 12.7. The molecule has 0 aromatic heterocycles. The molecule has 0 bridgehead atoms. The summed E-state index contributed by atoms with van der Waals surface area (Å²) in [4.78, 5) is 24.7. The Morgan fingerprint density at radius 2 is 2.00 bits per heavy atom. The van der Waals surface area contributed by atoms with Gasteiger partial charge >= 0.3 is 0 Å². The van der Waals surface area contributed by atoms with Crippen molar-refractivity contribution in [3.05, 3.63) is 28.8 Å². The molecule has 6 heteroatoms. The smallest absolute Gasteiger partial charge is 0.238 e. The van der Waals surface area contributed by atoms with E-state index in [1.807, 2.05) is 20.8 Å².